The van der Waals surface area contributed by atoms with E-state index < -0.39 is 6.10 Å². The molecule has 2 aromatic carbocycles. The van der Waals surface area contributed by atoms with Crippen LogP contribution in [0.25, 0.3) is 11.3 Å². The molecule has 0 radical (unpaired) electrons. The molecule has 0 saturated carbocycles. The highest BCUT2D eigenvalue weighted by atomic mass is 32.2. The van der Waals surface area contributed by atoms with E-state index in [0.717, 1.165) is 22.6 Å². The average molecular weight is 565 g/mol. The fraction of sp³-hybridized carbons (Fsp3) is 0.321. The Kier molecular flexibility index (Phi) is 9.72. The Morgan fingerprint density at radius 1 is 1.08 bits per heavy atom. The molecule has 0 aliphatic rings. The summed E-state index contributed by atoms with van der Waals surface area (Å²) in [7, 11) is 0. The normalized spacial score (nSPS) is 11.7. The van der Waals surface area contributed by atoms with Crippen LogP contribution in [0.3, 0.4) is 0 Å². The van der Waals surface area contributed by atoms with E-state index in [0.29, 0.717) is 28.4 Å². The molecular weight excluding hydrogens is 532 g/mol. The number of nitrogens with one attached hydrogen (secondary N) is 2. The lowest BCUT2D eigenvalue weighted by Gasteiger charge is -2.15. The van der Waals surface area contributed by atoms with Gasteiger partial charge in [0, 0.05) is 17.0 Å². The number of hydrogen-bond donors (Lipinski definition) is 2. The minimum absolute atomic E-state index is 0.158. The highest BCUT2D eigenvalue weighted by Gasteiger charge is 2.18. The van der Waals surface area contributed by atoms with Crippen LogP contribution in [-0.4, -0.2) is 43.4 Å². The highest BCUT2D eigenvalue weighted by molar-refractivity contribution is 7.99. The number of ether oxygens (including phenoxy) is 1. The summed E-state index contributed by atoms with van der Waals surface area (Å²) in [4.78, 5) is 30.9. The SMILES string of the molecule is CCc1ccc(O[C@@H](C)C(=O)NCc2nnc(SCC(=O)Nc3nc(-c4ccccc4)c(C)s3)n2CC)cc1. The van der Waals surface area contributed by atoms with E-state index in [9.17, 15) is 9.59 Å². The zero-order valence-electron chi connectivity index (χ0n) is 22.4. The molecule has 0 spiro atoms. The molecular formula is C28H32N6O3S2. The molecule has 39 heavy (non-hydrogen) atoms. The number of carbonyl (C=O) groups is 2. The van der Waals surface area contributed by atoms with Gasteiger partial charge in [-0.05, 0) is 44.9 Å². The average Bonchev–Trinajstić information content (AvgIpc) is 3.53. The van der Waals surface area contributed by atoms with Gasteiger partial charge in [0.25, 0.3) is 5.91 Å². The maximum Gasteiger partial charge on any atom is 0.261 e. The molecule has 11 heteroatoms. The molecule has 2 heterocycles. The predicted molar refractivity (Wildman–Crippen MR) is 155 cm³/mol. The third-order valence-corrected chi connectivity index (χ3v) is 7.82. The van der Waals surface area contributed by atoms with Crippen LogP contribution in [0.2, 0.25) is 0 Å². The van der Waals surface area contributed by atoms with E-state index in [1.807, 2.05) is 73.0 Å². The van der Waals surface area contributed by atoms with E-state index in [-0.39, 0.29) is 24.1 Å². The van der Waals surface area contributed by atoms with Crippen LogP contribution >= 0.6 is 23.1 Å². The van der Waals surface area contributed by atoms with Crippen molar-refractivity contribution in [2.75, 3.05) is 11.1 Å². The second-order valence-corrected chi connectivity index (χ2v) is 10.9. The van der Waals surface area contributed by atoms with Crippen LogP contribution < -0.4 is 15.4 Å². The van der Waals surface area contributed by atoms with Crippen LogP contribution in [0.15, 0.2) is 59.8 Å². The quantitative estimate of drug-likeness (QED) is 0.230. The summed E-state index contributed by atoms with van der Waals surface area (Å²) in [6.07, 6.45) is 0.283. The van der Waals surface area contributed by atoms with Gasteiger partial charge in [0.05, 0.1) is 18.0 Å². The molecule has 0 aliphatic heterocycles. The first kappa shape index (κ1) is 28.3. The van der Waals surface area contributed by atoms with Gasteiger partial charge in [-0.3, -0.25) is 9.59 Å². The van der Waals surface area contributed by atoms with Gasteiger partial charge in [0.2, 0.25) is 5.91 Å². The van der Waals surface area contributed by atoms with Crippen molar-refractivity contribution in [1.82, 2.24) is 25.1 Å². The molecule has 2 aromatic heterocycles. The summed E-state index contributed by atoms with van der Waals surface area (Å²) < 4.78 is 7.65. The number of aromatic nitrogens is 4. The molecule has 204 valence electrons. The van der Waals surface area contributed by atoms with Crippen molar-refractivity contribution < 1.29 is 14.3 Å². The zero-order chi connectivity index (χ0) is 27.8. The van der Waals surface area contributed by atoms with Crippen molar-refractivity contribution in [1.29, 1.82) is 0 Å². The van der Waals surface area contributed by atoms with Gasteiger partial charge in [-0.2, -0.15) is 0 Å². The Bertz CT molecular complexity index is 1400. The predicted octanol–water partition coefficient (Wildman–Crippen LogP) is 5.11. The van der Waals surface area contributed by atoms with E-state index >= 15 is 0 Å². The molecule has 2 amide bonds. The first-order valence-corrected chi connectivity index (χ1v) is 14.6. The Balaban J connectivity index is 1.28. The Morgan fingerprint density at radius 2 is 1.82 bits per heavy atom. The maximum atomic E-state index is 12.6. The number of anilines is 1. The monoisotopic (exact) mass is 564 g/mol. The van der Waals surface area contributed by atoms with Crippen LogP contribution in [0.4, 0.5) is 5.13 Å². The van der Waals surface area contributed by atoms with Crippen molar-refractivity contribution in [3.05, 3.63) is 70.9 Å². The van der Waals surface area contributed by atoms with Crippen molar-refractivity contribution in [2.45, 2.75) is 58.5 Å². The lowest BCUT2D eigenvalue weighted by Crippen LogP contribution is -2.36. The number of nitrogens with zero attached hydrogens (tertiary/aromatic N) is 4. The first-order valence-electron chi connectivity index (χ1n) is 12.8. The van der Waals surface area contributed by atoms with Crippen LogP contribution in [0, 0.1) is 6.92 Å². The Hall–Kier alpha value is -3.70. The summed E-state index contributed by atoms with van der Waals surface area (Å²) in [5.41, 5.74) is 3.10. The molecule has 2 N–H and O–H groups in total. The Labute approximate surface area is 236 Å². The van der Waals surface area contributed by atoms with Gasteiger partial charge in [0.15, 0.2) is 22.2 Å². The summed E-state index contributed by atoms with van der Waals surface area (Å²) in [6.45, 7) is 8.56. The molecule has 0 bridgehead atoms. The lowest BCUT2D eigenvalue weighted by molar-refractivity contribution is -0.127. The molecule has 9 nitrogen and oxygen atoms in total. The summed E-state index contributed by atoms with van der Waals surface area (Å²) >= 11 is 2.74. The van der Waals surface area contributed by atoms with E-state index in [2.05, 4.69) is 32.7 Å². The van der Waals surface area contributed by atoms with Gasteiger partial charge >= 0.3 is 0 Å². The standard InChI is InChI=1S/C28H32N6O3S2/c1-5-20-12-14-22(15-13-20)37-18(3)26(36)29-16-23-32-33-28(34(23)6-2)38-17-24(35)30-27-31-25(19(4)39-27)21-10-8-7-9-11-21/h7-15,18H,5-6,16-17H2,1-4H3,(H,29,36)(H,30,31,35)/t18-/m0/s1. The second kappa shape index (κ2) is 13.4. The third-order valence-electron chi connectivity index (χ3n) is 5.97. The number of carbonyl (C=O) groups excluding carboxylic acids is 2. The number of thioether (sulfide) groups is 1. The summed E-state index contributed by atoms with van der Waals surface area (Å²) in [6, 6.07) is 17.6. The number of rotatable bonds is 12. The molecule has 4 aromatic rings. The van der Waals surface area contributed by atoms with Gasteiger partial charge in [-0.25, -0.2) is 4.98 Å². The second-order valence-electron chi connectivity index (χ2n) is 8.75. The van der Waals surface area contributed by atoms with Gasteiger partial charge in [-0.15, -0.1) is 21.5 Å². The van der Waals surface area contributed by atoms with Crippen molar-refractivity contribution in [2.24, 2.45) is 0 Å². The summed E-state index contributed by atoms with van der Waals surface area (Å²) in [5.74, 6) is 0.990. The maximum absolute atomic E-state index is 12.6. The van der Waals surface area contributed by atoms with Gasteiger partial charge < -0.3 is 19.9 Å². The van der Waals surface area contributed by atoms with E-state index in [1.54, 1.807) is 6.92 Å². The number of thiazole rings is 1. The summed E-state index contributed by atoms with van der Waals surface area (Å²) in [5, 5.41) is 15.4. The zero-order valence-corrected chi connectivity index (χ0v) is 24.1. The molecule has 0 fully saturated rings. The van der Waals surface area contributed by atoms with E-state index in [4.69, 9.17) is 4.74 Å². The number of benzene rings is 2. The largest absolute Gasteiger partial charge is 0.481 e. The molecule has 1 atom stereocenters. The fourth-order valence-electron chi connectivity index (χ4n) is 3.84. The minimum atomic E-state index is -0.662. The number of hydrogen-bond acceptors (Lipinski definition) is 8. The number of aryl methyl sites for hydroxylation is 2. The van der Waals surface area contributed by atoms with Crippen LogP contribution in [0.5, 0.6) is 5.75 Å². The first-order chi connectivity index (χ1) is 18.9. The van der Waals surface area contributed by atoms with Gasteiger partial charge in [0.1, 0.15) is 5.75 Å². The van der Waals surface area contributed by atoms with Crippen molar-refractivity contribution in [3.8, 4) is 17.0 Å². The molecule has 0 unspecified atom stereocenters. The lowest BCUT2D eigenvalue weighted by atomic mass is 10.1. The molecule has 0 saturated heterocycles. The van der Waals surface area contributed by atoms with Crippen molar-refractivity contribution >= 4 is 40.0 Å². The Morgan fingerprint density at radius 3 is 2.51 bits per heavy atom. The molecule has 4 rings (SSSR count). The highest BCUT2D eigenvalue weighted by Crippen LogP contribution is 2.30. The van der Waals surface area contributed by atoms with E-state index in [1.165, 1.54) is 28.7 Å². The van der Waals surface area contributed by atoms with Gasteiger partial charge in [-0.1, -0.05) is 61.2 Å². The molecule has 0 aliphatic carbocycles. The minimum Gasteiger partial charge on any atom is -0.481 e. The number of amides is 2. The smallest absolute Gasteiger partial charge is 0.261 e. The van der Waals surface area contributed by atoms with Crippen LogP contribution in [0.1, 0.15) is 37.0 Å². The van der Waals surface area contributed by atoms with Crippen LogP contribution in [-0.2, 0) is 29.1 Å². The van der Waals surface area contributed by atoms with Crippen molar-refractivity contribution in [3.63, 3.8) is 0 Å². The fourth-order valence-corrected chi connectivity index (χ4v) is 5.52. The third kappa shape index (κ3) is 7.45. The topological polar surface area (TPSA) is 111 Å².